The number of benzene rings is 1. The van der Waals surface area contributed by atoms with E-state index in [1.165, 1.54) is 0 Å². The summed E-state index contributed by atoms with van der Waals surface area (Å²) in [7, 11) is 0. The normalized spacial score (nSPS) is 18.7. The zero-order chi connectivity index (χ0) is 15.5. The molecule has 0 aromatic heterocycles. The minimum atomic E-state index is -0.878. The fraction of sp³-hybridized carbons (Fsp3) is 0.588. The number of hydrogen-bond acceptors (Lipinski definition) is 3. The number of aliphatic hydroxyl groups is 1. The van der Waals surface area contributed by atoms with Crippen molar-refractivity contribution in [3.63, 3.8) is 0 Å². The lowest BCUT2D eigenvalue weighted by Crippen LogP contribution is -2.37. The molecule has 0 spiro atoms. The molecule has 116 valence electrons. The van der Waals surface area contributed by atoms with E-state index in [0.29, 0.717) is 6.61 Å². The van der Waals surface area contributed by atoms with E-state index in [2.05, 4.69) is 5.32 Å². The first-order chi connectivity index (χ1) is 9.92. The average molecular weight is 291 g/mol. The lowest BCUT2D eigenvalue weighted by Gasteiger charge is -2.23. The van der Waals surface area contributed by atoms with Crippen molar-refractivity contribution in [3.05, 3.63) is 29.8 Å². The van der Waals surface area contributed by atoms with Gasteiger partial charge in [0.15, 0.2) is 0 Å². The summed E-state index contributed by atoms with van der Waals surface area (Å²) < 4.78 is 5.47. The smallest absolute Gasteiger partial charge is 0.223 e. The second kappa shape index (κ2) is 6.48. The van der Waals surface area contributed by atoms with E-state index in [0.717, 1.165) is 24.2 Å². The second-order valence-corrected chi connectivity index (χ2v) is 6.10. The van der Waals surface area contributed by atoms with Crippen LogP contribution in [0.5, 0.6) is 5.75 Å². The van der Waals surface area contributed by atoms with Crippen LogP contribution in [0.2, 0.25) is 0 Å². The van der Waals surface area contributed by atoms with Gasteiger partial charge in [-0.15, -0.1) is 0 Å². The Morgan fingerprint density at radius 2 is 2.24 bits per heavy atom. The van der Waals surface area contributed by atoms with E-state index in [1.807, 2.05) is 38.1 Å². The van der Waals surface area contributed by atoms with E-state index < -0.39 is 5.60 Å². The Balaban J connectivity index is 1.92. The van der Waals surface area contributed by atoms with Crippen molar-refractivity contribution in [2.24, 2.45) is 5.92 Å². The van der Waals surface area contributed by atoms with Crippen LogP contribution in [0, 0.1) is 5.92 Å². The summed E-state index contributed by atoms with van der Waals surface area (Å²) in [5.74, 6) is 0.974. The Bertz CT molecular complexity index is 495. The predicted octanol–water partition coefficient (Wildman–Crippen LogP) is 2.81. The van der Waals surface area contributed by atoms with Gasteiger partial charge in [-0.1, -0.05) is 12.1 Å². The summed E-state index contributed by atoms with van der Waals surface area (Å²) in [4.78, 5) is 12.1. The highest BCUT2D eigenvalue weighted by atomic mass is 16.5. The summed E-state index contributed by atoms with van der Waals surface area (Å²) in [5.41, 5.74) is 0.122. The molecule has 1 aliphatic carbocycles. The van der Waals surface area contributed by atoms with Crippen LogP contribution in [0.25, 0.3) is 0 Å². The molecule has 1 aromatic rings. The number of ether oxygens (including phenoxy) is 1. The summed E-state index contributed by atoms with van der Waals surface area (Å²) in [6.07, 6.45) is 2.20. The Labute approximate surface area is 126 Å². The summed E-state index contributed by atoms with van der Waals surface area (Å²) >= 11 is 0. The third-order valence-electron chi connectivity index (χ3n) is 4.02. The molecule has 21 heavy (non-hydrogen) atoms. The van der Waals surface area contributed by atoms with Gasteiger partial charge in [-0.3, -0.25) is 4.79 Å². The number of hydrogen-bond donors (Lipinski definition) is 2. The van der Waals surface area contributed by atoms with Crippen LogP contribution in [0.3, 0.4) is 0 Å². The molecule has 1 aliphatic rings. The van der Waals surface area contributed by atoms with E-state index >= 15 is 0 Å². The van der Waals surface area contributed by atoms with Crippen LogP contribution in [0.4, 0.5) is 0 Å². The third kappa shape index (κ3) is 4.46. The first-order valence-corrected chi connectivity index (χ1v) is 7.67. The van der Waals surface area contributed by atoms with Gasteiger partial charge in [0.1, 0.15) is 5.75 Å². The molecule has 0 aliphatic heterocycles. The van der Waals surface area contributed by atoms with Gasteiger partial charge in [0.25, 0.3) is 0 Å². The number of nitrogens with one attached hydrogen (secondary N) is 1. The van der Waals surface area contributed by atoms with E-state index in [-0.39, 0.29) is 24.3 Å². The molecule has 0 bridgehead atoms. The molecular formula is C17H25NO3. The van der Waals surface area contributed by atoms with Crippen molar-refractivity contribution in [3.8, 4) is 5.75 Å². The Morgan fingerprint density at radius 3 is 2.86 bits per heavy atom. The van der Waals surface area contributed by atoms with Crippen molar-refractivity contribution in [1.29, 1.82) is 0 Å². The topological polar surface area (TPSA) is 58.6 Å². The van der Waals surface area contributed by atoms with Crippen LogP contribution >= 0.6 is 0 Å². The van der Waals surface area contributed by atoms with Gasteiger partial charge in [-0.2, -0.15) is 0 Å². The molecule has 1 aromatic carbocycles. The molecule has 2 atom stereocenters. The number of carbonyl (C=O) groups is 1. The maximum Gasteiger partial charge on any atom is 0.223 e. The average Bonchev–Trinajstić information content (AvgIpc) is 3.23. The first kappa shape index (κ1) is 15.8. The maximum absolute atomic E-state index is 12.1. The van der Waals surface area contributed by atoms with Gasteiger partial charge < -0.3 is 15.2 Å². The maximum atomic E-state index is 12.1. The fourth-order valence-corrected chi connectivity index (χ4v) is 2.59. The summed E-state index contributed by atoms with van der Waals surface area (Å²) in [6, 6.07) is 7.62. The molecule has 4 heteroatoms. The van der Waals surface area contributed by atoms with E-state index in [4.69, 9.17) is 4.74 Å². The first-order valence-electron chi connectivity index (χ1n) is 7.67. The highest BCUT2D eigenvalue weighted by molar-refractivity contribution is 5.77. The van der Waals surface area contributed by atoms with Gasteiger partial charge in [-0.05, 0) is 57.2 Å². The van der Waals surface area contributed by atoms with Crippen molar-refractivity contribution in [1.82, 2.24) is 5.32 Å². The van der Waals surface area contributed by atoms with Crippen molar-refractivity contribution in [2.45, 2.75) is 51.7 Å². The van der Waals surface area contributed by atoms with Gasteiger partial charge >= 0.3 is 0 Å². The lowest BCUT2D eigenvalue weighted by molar-refractivity contribution is -0.126. The lowest BCUT2D eigenvalue weighted by atomic mass is 9.95. The molecule has 1 fully saturated rings. The highest BCUT2D eigenvalue weighted by Crippen LogP contribution is 2.41. The minimum absolute atomic E-state index is 0.104. The van der Waals surface area contributed by atoms with Crippen molar-refractivity contribution < 1.29 is 14.6 Å². The molecule has 4 nitrogen and oxygen atoms in total. The molecule has 0 radical (unpaired) electrons. The number of amides is 1. The zero-order valence-corrected chi connectivity index (χ0v) is 13.1. The van der Waals surface area contributed by atoms with Crippen LogP contribution in [0.15, 0.2) is 24.3 Å². The Hall–Kier alpha value is -1.55. The van der Waals surface area contributed by atoms with Crippen LogP contribution in [0.1, 0.15) is 51.6 Å². The molecule has 1 saturated carbocycles. The van der Waals surface area contributed by atoms with Crippen molar-refractivity contribution in [2.75, 3.05) is 6.61 Å². The molecular weight excluding hydrogens is 266 g/mol. The SMILES string of the molecule is CCOc1cccc([C@H](C)NC(=O)C[C@](C)(O)C2CC2)c1. The molecule has 2 rings (SSSR count). The Morgan fingerprint density at radius 1 is 1.52 bits per heavy atom. The van der Waals surface area contributed by atoms with Crippen LogP contribution in [-0.4, -0.2) is 23.2 Å². The van der Waals surface area contributed by atoms with Crippen LogP contribution in [-0.2, 0) is 4.79 Å². The monoisotopic (exact) mass is 291 g/mol. The molecule has 0 heterocycles. The molecule has 1 amide bonds. The number of rotatable bonds is 7. The van der Waals surface area contributed by atoms with Gasteiger partial charge in [0.05, 0.1) is 24.7 Å². The summed E-state index contributed by atoms with van der Waals surface area (Å²) in [6.45, 7) is 6.26. The Kier molecular flexibility index (Phi) is 4.88. The molecule has 0 saturated heterocycles. The minimum Gasteiger partial charge on any atom is -0.494 e. The van der Waals surface area contributed by atoms with Crippen LogP contribution < -0.4 is 10.1 Å². The van der Waals surface area contributed by atoms with Gasteiger partial charge in [-0.25, -0.2) is 0 Å². The molecule has 2 N–H and O–H groups in total. The van der Waals surface area contributed by atoms with Gasteiger partial charge in [0, 0.05) is 0 Å². The molecule has 0 unspecified atom stereocenters. The van der Waals surface area contributed by atoms with E-state index in [1.54, 1.807) is 6.92 Å². The van der Waals surface area contributed by atoms with Crippen molar-refractivity contribution >= 4 is 5.91 Å². The largest absolute Gasteiger partial charge is 0.494 e. The van der Waals surface area contributed by atoms with Gasteiger partial charge in [0.2, 0.25) is 5.91 Å². The second-order valence-electron chi connectivity index (χ2n) is 6.10. The summed E-state index contributed by atoms with van der Waals surface area (Å²) in [5, 5.41) is 13.2. The third-order valence-corrected chi connectivity index (χ3v) is 4.02. The standard InChI is InChI=1S/C17H25NO3/c1-4-21-15-7-5-6-13(10-15)12(2)18-16(19)11-17(3,20)14-8-9-14/h5-7,10,12,14,20H,4,8-9,11H2,1-3H3,(H,18,19)/t12-,17-/m0/s1. The predicted molar refractivity (Wildman–Crippen MR) is 82.1 cm³/mol. The zero-order valence-electron chi connectivity index (χ0n) is 13.1. The fourth-order valence-electron chi connectivity index (χ4n) is 2.59. The van der Waals surface area contributed by atoms with E-state index in [9.17, 15) is 9.90 Å². The quantitative estimate of drug-likeness (QED) is 0.812. The highest BCUT2D eigenvalue weighted by Gasteiger charge is 2.41. The number of carbonyl (C=O) groups excluding carboxylic acids is 1.